The van der Waals surface area contributed by atoms with Crippen molar-refractivity contribution >= 4 is 23.7 Å². The van der Waals surface area contributed by atoms with Gasteiger partial charge in [0.1, 0.15) is 0 Å². The summed E-state index contributed by atoms with van der Waals surface area (Å²) >= 11 is 0. The molecule has 1 atom stereocenters. The lowest BCUT2D eigenvalue weighted by molar-refractivity contribution is -0.511. The van der Waals surface area contributed by atoms with E-state index < -0.39 is 6.04 Å². The van der Waals surface area contributed by atoms with E-state index in [4.69, 9.17) is 4.74 Å². The number of rotatable bonds is 4. The molecule has 0 bridgehead atoms. The van der Waals surface area contributed by atoms with Gasteiger partial charge in [-0.2, -0.15) is 0 Å². The Bertz CT molecular complexity index is 578. The minimum atomic E-state index is -0.529. The Morgan fingerprint density at radius 1 is 1.22 bits per heavy atom. The van der Waals surface area contributed by atoms with Gasteiger partial charge in [0.05, 0.1) is 26.2 Å². The van der Waals surface area contributed by atoms with Crippen LogP contribution in [0.1, 0.15) is 19.8 Å². The van der Waals surface area contributed by atoms with Crippen LogP contribution in [-0.2, 0) is 9.53 Å². The van der Waals surface area contributed by atoms with Gasteiger partial charge in [0.2, 0.25) is 11.9 Å². The molecule has 0 saturated carbocycles. The van der Waals surface area contributed by atoms with Crippen molar-refractivity contribution in [3.8, 4) is 0 Å². The van der Waals surface area contributed by atoms with Crippen LogP contribution in [0.15, 0.2) is 4.99 Å². The van der Waals surface area contributed by atoms with Gasteiger partial charge in [-0.25, -0.2) is 9.69 Å². The quantitative estimate of drug-likeness (QED) is 0.531. The molecule has 3 aliphatic rings. The number of amides is 3. The lowest BCUT2D eigenvalue weighted by Crippen LogP contribution is -2.63. The standard InChI is InChI=1S/C15H24N5O3/c1-4-23-10-9-20-11-12(16-14(20)19-7-5-6-8-19)17(2)15(22)18(3)13(11)21/h11H,4-10H2,1-3H3/q+1. The van der Waals surface area contributed by atoms with Crippen molar-refractivity contribution in [3.63, 3.8) is 0 Å². The zero-order valence-electron chi connectivity index (χ0n) is 14.0. The molecule has 8 nitrogen and oxygen atoms in total. The molecular weight excluding hydrogens is 298 g/mol. The number of guanidine groups is 1. The Morgan fingerprint density at radius 2 is 1.91 bits per heavy atom. The smallest absolute Gasteiger partial charge is 0.378 e. The second-order valence-corrected chi connectivity index (χ2v) is 6.00. The number of nitrogens with zero attached hydrogens (tertiary/aromatic N) is 5. The van der Waals surface area contributed by atoms with Gasteiger partial charge in [0.15, 0.2) is 0 Å². The second kappa shape index (κ2) is 6.27. The molecule has 0 aromatic heterocycles. The molecule has 3 aliphatic heterocycles. The van der Waals surface area contributed by atoms with E-state index in [2.05, 4.69) is 9.57 Å². The van der Waals surface area contributed by atoms with E-state index in [0.717, 1.165) is 31.9 Å². The molecule has 23 heavy (non-hydrogen) atoms. The molecule has 1 unspecified atom stereocenters. The van der Waals surface area contributed by atoms with Crippen molar-refractivity contribution in [1.29, 1.82) is 0 Å². The largest absolute Gasteiger partial charge is 0.392 e. The zero-order valence-corrected chi connectivity index (χ0v) is 14.0. The van der Waals surface area contributed by atoms with E-state index in [1.807, 2.05) is 11.8 Å². The monoisotopic (exact) mass is 322 g/mol. The first-order chi connectivity index (χ1) is 11.1. The van der Waals surface area contributed by atoms with Gasteiger partial charge in [-0.15, -0.1) is 0 Å². The molecule has 0 aliphatic carbocycles. The molecule has 126 valence electrons. The van der Waals surface area contributed by atoms with Gasteiger partial charge in [0.25, 0.3) is 5.91 Å². The van der Waals surface area contributed by atoms with Crippen LogP contribution in [0.5, 0.6) is 0 Å². The number of hydrogen-bond donors (Lipinski definition) is 0. The summed E-state index contributed by atoms with van der Waals surface area (Å²) < 4.78 is 7.66. The molecule has 3 heterocycles. The molecular formula is C15H24N5O3+. The number of aliphatic imine (C=N–C) groups is 1. The number of carbonyl (C=O) groups excluding carboxylic acids is 2. The molecule has 2 fully saturated rings. The maximum atomic E-state index is 12.6. The molecule has 3 amide bonds. The van der Waals surface area contributed by atoms with Gasteiger partial charge < -0.3 is 4.74 Å². The summed E-state index contributed by atoms with van der Waals surface area (Å²) in [5.41, 5.74) is 0. The summed E-state index contributed by atoms with van der Waals surface area (Å²) in [7, 11) is 3.19. The topological polar surface area (TPSA) is 68.5 Å². The number of imide groups is 1. The number of ether oxygens (including phenoxy) is 1. The lowest BCUT2D eigenvalue weighted by atomic mass is 10.1. The van der Waals surface area contributed by atoms with Crippen molar-refractivity contribution in [2.24, 2.45) is 4.99 Å². The minimum Gasteiger partial charge on any atom is -0.378 e. The van der Waals surface area contributed by atoms with Gasteiger partial charge in [0, 0.05) is 20.7 Å². The number of fused-ring (bicyclic) bond motifs is 1. The fourth-order valence-electron chi connectivity index (χ4n) is 3.29. The van der Waals surface area contributed by atoms with Crippen LogP contribution in [0.3, 0.4) is 0 Å². The first-order valence-corrected chi connectivity index (χ1v) is 8.16. The van der Waals surface area contributed by atoms with Gasteiger partial charge in [-0.05, 0) is 19.8 Å². The number of amidine groups is 1. The molecule has 8 heteroatoms. The summed E-state index contributed by atoms with van der Waals surface area (Å²) in [6, 6.07) is -0.865. The highest BCUT2D eigenvalue weighted by atomic mass is 16.5. The third-order valence-corrected chi connectivity index (χ3v) is 4.58. The Hall–Kier alpha value is -1.96. The number of urea groups is 1. The minimum absolute atomic E-state index is 0.224. The van der Waals surface area contributed by atoms with E-state index in [1.165, 1.54) is 16.8 Å². The van der Waals surface area contributed by atoms with Crippen LogP contribution in [0.25, 0.3) is 0 Å². The fourth-order valence-corrected chi connectivity index (χ4v) is 3.29. The average Bonchev–Trinajstić information content (AvgIpc) is 3.18. The van der Waals surface area contributed by atoms with Crippen molar-refractivity contribution in [1.82, 2.24) is 14.7 Å². The normalized spacial score (nSPS) is 24.7. The summed E-state index contributed by atoms with van der Waals surface area (Å²) in [6.45, 7) is 5.57. The number of hydrogen-bond acceptors (Lipinski definition) is 3. The Labute approximate surface area is 136 Å². The molecule has 0 N–H and O–H groups in total. The highest BCUT2D eigenvalue weighted by molar-refractivity contribution is 6.25. The predicted octanol–water partition coefficient (Wildman–Crippen LogP) is -0.208. The van der Waals surface area contributed by atoms with E-state index >= 15 is 0 Å². The van der Waals surface area contributed by atoms with E-state index in [1.54, 1.807) is 7.05 Å². The van der Waals surface area contributed by atoms with Gasteiger partial charge >= 0.3 is 12.0 Å². The highest BCUT2D eigenvalue weighted by Gasteiger charge is 2.55. The Balaban J connectivity index is 1.96. The molecule has 0 radical (unpaired) electrons. The zero-order chi connectivity index (χ0) is 16.6. The third-order valence-electron chi connectivity index (χ3n) is 4.58. The van der Waals surface area contributed by atoms with E-state index in [9.17, 15) is 9.59 Å². The van der Waals surface area contributed by atoms with Crippen molar-refractivity contribution in [2.75, 3.05) is 46.9 Å². The maximum Gasteiger partial charge on any atom is 0.392 e. The highest BCUT2D eigenvalue weighted by Crippen LogP contribution is 2.23. The molecule has 0 spiro atoms. The summed E-state index contributed by atoms with van der Waals surface area (Å²) in [5, 5.41) is 0. The summed E-state index contributed by atoms with van der Waals surface area (Å²) in [4.78, 5) is 34.1. The average molecular weight is 322 g/mol. The molecule has 3 rings (SSSR count). The fraction of sp³-hybridized carbons (Fsp3) is 0.733. The maximum absolute atomic E-state index is 12.6. The molecule has 0 aromatic carbocycles. The SMILES string of the molecule is CCOCCN1C(=[N+]2CCCC2)N=C2C1C(=O)N(C)C(=O)N2C. The number of carbonyl (C=O) groups is 2. The Kier molecular flexibility index (Phi) is 4.34. The van der Waals surface area contributed by atoms with Crippen LogP contribution in [0.2, 0.25) is 0 Å². The Morgan fingerprint density at radius 3 is 2.57 bits per heavy atom. The molecule has 2 saturated heterocycles. The van der Waals surface area contributed by atoms with Crippen molar-refractivity contribution in [2.45, 2.75) is 25.8 Å². The van der Waals surface area contributed by atoms with Crippen LogP contribution in [-0.4, -0.2) is 96.0 Å². The van der Waals surface area contributed by atoms with Gasteiger partial charge in [-0.1, -0.05) is 4.99 Å². The lowest BCUT2D eigenvalue weighted by Gasteiger charge is -2.33. The van der Waals surface area contributed by atoms with Crippen LogP contribution >= 0.6 is 0 Å². The first-order valence-electron chi connectivity index (χ1n) is 8.16. The third kappa shape index (κ3) is 2.60. The number of likely N-dealkylation sites (N-methyl/N-ethyl adjacent to an activating group) is 2. The van der Waals surface area contributed by atoms with Crippen LogP contribution < -0.4 is 0 Å². The van der Waals surface area contributed by atoms with Crippen LogP contribution in [0.4, 0.5) is 4.79 Å². The summed E-state index contributed by atoms with van der Waals surface area (Å²) in [5.74, 6) is 1.10. The van der Waals surface area contributed by atoms with Crippen molar-refractivity contribution in [3.05, 3.63) is 0 Å². The summed E-state index contributed by atoms with van der Waals surface area (Å²) in [6.07, 6.45) is 2.25. The first kappa shape index (κ1) is 15.9. The van der Waals surface area contributed by atoms with E-state index in [0.29, 0.717) is 25.6 Å². The molecule has 0 aromatic rings. The van der Waals surface area contributed by atoms with Gasteiger partial charge in [-0.3, -0.25) is 19.2 Å². The van der Waals surface area contributed by atoms with E-state index in [-0.39, 0.29) is 11.9 Å². The van der Waals surface area contributed by atoms with Crippen molar-refractivity contribution < 1.29 is 18.9 Å². The second-order valence-electron chi connectivity index (χ2n) is 6.00. The van der Waals surface area contributed by atoms with Crippen LogP contribution in [0, 0.1) is 0 Å². The predicted molar refractivity (Wildman–Crippen MR) is 84.6 cm³/mol.